The molecule has 0 aliphatic carbocycles. The van der Waals surface area contributed by atoms with Gasteiger partial charge in [-0.1, -0.05) is 53.7 Å². The monoisotopic (exact) mass is 400 g/mol. The number of nitrogens with two attached hydrogens (primary N) is 1. The topological polar surface area (TPSA) is 115 Å². The standard InChI is InChI=1S/C22H20N6O2/c1-14(15-9-11-17(12-10-15)28-13-20(21(23)29)26-27-28)24-22(30)25-19-8-4-6-16-5-2-3-7-18(16)19/h2-14H,1H3,(H2,23,29)(H2,24,25,30). The maximum Gasteiger partial charge on any atom is 0.319 e. The minimum atomic E-state index is -0.632. The van der Waals surface area contributed by atoms with Crippen LogP contribution in [0.4, 0.5) is 10.5 Å². The van der Waals surface area contributed by atoms with E-state index in [0.29, 0.717) is 0 Å². The molecule has 1 heterocycles. The zero-order valence-electron chi connectivity index (χ0n) is 16.2. The van der Waals surface area contributed by atoms with Crippen molar-refractivity contribution in [3.05, 3.63) is 84.2 Å². The van der Waals surface area contributed by atoms with Gasteiger partial charge < -0.3 is 16.4 Å². The number of carbonyl (C=O) groups is 2. The number of anilines is 1. The van der Waals surface area contributed by atoms with Crippen LogP contribution in [0.1, 0.15) is 29.0 Å². The normalized spacial score (nSPS) is 11.8. The molecule has 8 nitrogen and oxygen atoms in total. The maximum atomic E-state index is 12.5. The molecule has 1 aromatic heterocycles. The summed E-state index contributed by atoms with van der Waals surface area (Å²) in [5.74, 6) is -0.632. The second-order valence-electron chi connectivity index (χ2n) is 6.85. The van der Waals surface area contributed by atoms with E-state index >= 15 is 0 Å². The lowest BCUT2D eigenvalue weighted by Gasteiger charge is -2.16. The molecule has 4 rings (SSSR count). The summed E-state index contributed by atoms with van der Waals surface area (Å²) in [6.07, 6.45) is 1.47. The molecule has 1 atom stereocenters. The molecule has 30 heavy (non-hydrogen) atoms. The van der Waals surface area contributed by atoms with E-state index in [-0.39, 0.29) is 17.8 Å². The number of rotatable bonds is 5. The lowest BCUT2D eigenvalue weighted by atomic mass is 10.1. The number of fused-ring (bicyclic) bond motifs is 1. The number of aromatic nitrogens is 3. The van der Waals surface area contributed by atoms with E-state index in [0.717, 1.165) is 27.7 Å². The zero-order valence-corrected chi connectivity index (χ0v) is 16.2. The molecule has 0 aliphatic heterocycles. The molecule has 3 aromatic carbocycles. The first kappa shape index (κ1) is 19.1. The number of benzene rings is 3. The summed E-state index contributed by atoms with van der Waals surface area (Å²) < 4.78 is 1.47. The van der Waals surface area contributed by atoms with Gasteiger partial charge in [0, 0.05) is 5.39 Å². The molecule has 8 heteroatoms. The average molecular weight is 400 g/mol. The summed E-state index contributed by atoms with van der Waals surface area (Å²) in [7, 11) is 0. The van der Waals surface area contributed by atoms with Crippen LogP contribution in [0.2, 0.25) is 0 Å². The molecule has 1 unspecified atom stereocenters. The lowest BCUT2D eigenvalue weighted by molar-refractivity contribution is 0.0995. The third-order valence-corrected chi connectivity index (χ3v) is 4.79. The van der Waals surface area contributed by atoms with Gasteiger partial charge in [-0.25, -0.2) is 9.48 Å². The van der Waals surface area contributed by atoms with Crippen LogP contribution >= 0.6 is 0 Å². The third kappa shape index (κ3) is 3.97. The molecule has 0 aliphatic rings. The van der Waals surface area contributed by atoms with Gasteiger partial charge in [0.05, 0.1) is 23.6 Å². The van der Waals surface area contributed by atoms with Crippen molar-refractivity contribution in [2.24, 2.45) is 5.73 Å². The summed E-state index contributed by atoms with van der Waals surface area (Å²) in [4.78, 5) is 23.7. The van der Waals surface area contributed by atoms with E-state index < -0.39 is 5.91 Å². The van der Waals surface area contributed by atoms with Crippen molar-refractivity contribution in [2.75, 3.05) is 5.32 Å². The van der Waals surface area contributed by atoms with E-state index in [9.17, 15) is 9.59 Å². The maximum absolute atomic E-state index is 12.5. The number of amides is 3. The first-order valence-corrected chi connectivity index (χ1v) is 9.39. The summed E-state index contributed by atoms with van der Waals surface area (Å²) in [5, 5.41) is 15.5. The van der Waals surface area contributed by atoms with Gasteiger partial charge >= 0.3 is 6.03 Å². The number of carbonyl (C=O) groups excluding carboxylic acids is 2. The van der Waals surface area contributed by atoms with Gasteiger partial charge in [0.15, 0.2) is 5.69 Å². The number of nitrogens with zero attached hydrogens (tertiary/aromatic N) is 3. The van der Waals surface area contributed by atoms with Gasteiger partial charge in [0.25, 0.3) is 5.91 Å². The van der Waals surface area contributed by atoms with Crippen molar-refractivity contribution in [2.45, 2.75) is 13.0 Å². The Bertz CT molecular complexity index is 1210. The van der Waals surface area contributed by atoms with Crippen LogP contribution in [0, 0.1) is 0 Å². The SMILES string of the molecule is CC(NC(=O)Nc1cccc2ccccc12)c1ccc(-n2cc(C(N)=O)nn2)cc1. The quantitative estimate of drug-likeness (QED) is 0.476. The molecule has 3 amide bonds. The van der Waals surface area contributed by atoms with Crippen LogP contribution in [-0.4, -0.2) is 26.9 Å². The highest BCUT2D eigenvalue weighted by Crippen LogP contribution is 2.23. The minimum Gasteiger partial charge on any atom is -0.364 e. The fourth-order valence-electron chi connectivity index (χ4n) is 3.19. The highest BCUT2D eigenvalue weighted by molar-refractivity contribution is 6.01. The minimum absolute atomic E-state index is 0.0965. The number of hydrogen-bond acceptors (Lipinski definition) is 4. The van der Waals surface area contributed by atoms with E-state index in [1.165, 1.54) is 10.9 Å². The van der Waals surface area contributed by atoms with Crippen LogP contribution in [0.15, 0.2) is 72.9 Å². The van der Waals surface area contributed by atoms with Crippen LogP contribution in [-0.2, 0) is 0 Å². The molecular formula is C22H20N6O2. The molecule has 0 spiro atoms. The third-order valence-electron chi connectivity index (χ3n) is 4.79. The number of urea groups is 1. The molecule has 4 N–H and O–H groups in total. The highest BCUT2D eigenvalue weighted by atomic mass is 16.2. The Morgan fingerprint density at radius 1 is 1.00 bits per heavy atom. The Labute approximate surface area is 172 Å². The lowest BCUT2D eigenvalue weighted by Crippen LogP contribution is -2.31. The van der Waals surface area contributed by atoms with Crippen molar-refractivity contribution in [3.8, 4) is 5.69 Å². The Morgan fingerprint density at radius 2 is 1.73 bits per heavy atom. The largest absolute Gasteiger partial charge is 0.364 e. The van der Waals surface area contributed by atoms with Gasteiger partial charge in [-0.3, -0.25) is 4.79 Å². The van der Waals surface area contributed by atoms with Crippen LogP contribution < -0.4 is 16.4 Å². The molecule has 0 saturated carbocycles. The van der Waals surface area contributed by atoms with Crippen molar-refractivity contribution in [3.63, 3.8) is 0 Å². The van der Waals surface area contributed by atoms with Crippen molar-refractivity contribution < 1.29 is 9.59 Å². The van der Waals surface area contributed by atoms with Crippen molar-refractivity contribution in [1.29, 1.82) is 0 Å². The molecule has 150 valence electrons. The van der Waals surface area contributed by atoms with Crippen molar-refractivity contribution in [1.82, 2.24) is 20.3 Å². The first-order valence-electron chi connectivity index (χ1n) is 9.39. The first-order chi connectivity index (χ1) is 14.5. The fourth-order valence-corrected chi connectivity index (χ4v) is 3.19. The zero-order chi connectivity index (χ0) is 21.1. The second kappa shape index (κ2) is 8.04. The smallest absolute Gasteiger partial charge is 0.319 e. The predicted octanol–water partition coefficient (Wildman–Crippen LogP) is 3.40. The summed E-state index contributed by atoms with van der Waals surface area (Å²) in [6.45, 7) is 1.90. The molecule has 0 bridgehead atoms. The summed E-state index contributed by atoms with van der Waals surface area (Å²) in [5.41, 5.74) is 7.70. The van der Waals surface area contributed by atoms with Crippen LogP contribution in [0.3, 0.4) is 0 Å². The van der Waals surface area contributed by atoms with E-state index in [2.05, 4.69) is 20.9 Å². The number of primary amides is 1. The molecule has 0 radical (unpaired) electrons. The Hall–Kier alpha value is -4.20. The van der Waals surface area contributed by atoms with Gasteiger partial charge in [0.2, 0.25) is 0 Å². The Morgan fingerprint density at radius 3 is 2.47 bits per heavy atom. The Kier molecular flexibility index (Phi) is 5.13. The Balaban J connectivity index is 1.43. The van der Waals surface area contributed by atoms with Gasteiger partial charge in [0.1, 0.15) is 0 Å². The molecule has 0 saturated heterocycles. The van der Waals surface area contributed by atoms with Gasteiger partial charge in [-0.05, 0) is 36.1 Å². The van der Waals surface area contributed by atoms with E-state index in [1.54, 1.807) is 0 Å². The van der Waals surface area contributed by atoms with E-state index in [4.69, 9.17) is 5.73 Å². The average Bonchev–Trinajstić information content (AvgIpc) is 3.25. The molecule has 0 fully saturated rings. The van der Waals surface area contributed by atoms with Gasteiger partial charge in [-0.2, -0.15) is 0 Å². The van der Waals surface area contributed by atoms with Crippen LogP contribution in [0.5, 0.6) is 0 Å². The molecular weight excluding hydrogens is 380 g/mol. The summed E-state index contributed by atoms with van der Waals surface area (Å²) >= 11 is 0. The highest BCUT2D eigenvalue weighted by Gasteiger charge is 2.12. The summed E-state index contributed by atoms with van der Waals surface area (Å²) in [6, 6.07) is 20.6. The van der Waals surface area contributed by atoms with Crippen LogP contribution in [0.25, 0.3) is 16.5 Å². The number of hydrogen-bond donors (Lipinski definition) is 3. The fraction of sp³-hybridized carbons (Fsp3) is 0.0909. The second-order valence-corrected chi connectivity index (χ2v) is 6.85. The van der Waals surface area contributed by atoms with Crippen molar-refractivity contribution >= 4 is 28.4 Å². The predicted molar refractivity (Wildman–Crippen MR) is 114 cm³/mol. The molecule has 4 aromatic rings. The number of nitrogens with one attached hydrogen (secondary N) is 2. The van der Waals surface area contributed by atoms with Gasteiger partial charge in [-0.15, -0.1) is 5.10 Å². The van der Waals surface area contributed by atoms with E-state index in [1.807, 2.05) is 73.7 Å².